The van der Waals surface area contributed by atoms with Crippen LogP contribution in [0, 0.1) is 0 Å². The van der Waals surface area contributed by atoms with Gasteiger partial charge in [0, 0.05) is 12.3 Å². The van der Waals surface area contributed by atoms with Gasteiger partial charge in [-0.15, -0.1) is 0 Å². The highest BCUT2D eigenvalue weighted by Crippen LogP contribution is 2.33. The maximum absolute atomic E-state index is 12.8. The fraction of sp³-hybridized carbons (Fsp3) is 0.545. The monoisotopic (exact) mass is 293 g/mol. The van der Waals surface area contributed by atoms with Gasteiger partial charge in [0.2, 0.25) is 17.4 Å². The van der Waals surface area contributed by atoms with Gasteiger partial charge in [-0.25, -0.2) is 9.78 Å². The van der Waals surface area contributed by atoms with Crippen molar-refractivity contribution >= 4 is 11.9 Å². The van der Waals surface area contributed by atoms with Crippen LogP contribution in [0.25, 0.3) is 0 Å². The summed E-state index contributed by atoms with van der Waals surface area (Å²) in [5.74, 6) is -2.51. The Morgan fingerprint density at radius 1 is 1.45 bits per heavy atom. The van der Waals surface area contributed by atoms with Gasteiger partial charge in [-0.2, -0.15) is 18.2 Å². The van der Waals surface area contributed by atoms with Gasteiger partial charge < -0.3 is 15.2 Å². The minimum atomic E-state index is -5.02. The van der Waals surface area contributed by atoms with Crippen molar-refractivity contribution in [2.24, 2.45) is 0 Å². The Labute approximate surface area is 113 Å². The van der Waals surface area contributed by atoms with Crippen LogP contribution in [0.1, 0.15) is 20.8 Å². The number of nitrogens with zero attached hydrogens (tertiary/aromatic N) is 2. The maximum Gasteiger partial charge on any atom is 0.422 e. The molecule has 9 heteroatoms. The van der Waals surface area contributed by atoms with Crippen LogP contribution in [-0.4, -0.2) is 38.9 Å². The van der Waals surface area contributed by atoms with Gasteiger partial charge in [0.05, 0.1) is 6.10 Å². The molecule has 0 radical (unpaired) electrons. The molecule has 112 valence electrons. The number of aromatic nitrogens is 2. The summed E-state index contributed by atoms with van der Waals surface area (Å²) in [6.45, 7) is 3.92. The number of ether oxygens (including phenoxy) is 1. The molecule has 0 aliphatic rings. The van der Waals surface area contributed by atoms with Gasteiger partial charge in [0.1, 0.15) is 0 Å². The largest absolute Gasteiger partial charge is 0.479 e. The highest BCUT2D eigenvalue weighted by atomic mass is 19.4. The summed E-state index contributed by atoms with van der Waals surface area (Å²) in [5.41, 5.74) is -3.19. The van der Waals surface area contributed by atoms with E-state index in [2.05, 4.69) is 9.97 Å². The third kappa shape index (κ3) is 3.49. The van der Waals surface area contributed by atoms with Crippen LogP contribution in [0.15, 0.2) is 12.3 Å². The second-order valence-corrected chi connectivity index (χ2v) is 4.44. The van der Waals surface area contributed by atoms with E-state index in [1.165, 1.54) is 12.3 Å². The first kappa shape index (κ1) is 16.0. The summed E-state index contributed by atoms with van der Waals surface area (Å²) in [7, 11) is 0. The molecule has 0 aliphatic carbocycles. The molecular weight excluding hydrogens is 279 g/mol. The number of carbonyl (C=O) groups is 1. The van der Waals surface area contributed by atoms with Crippen molar-refractivity contribution in [3.63, 3.8) is 0 Å². The summed E-state index contributed by atoms with van der Waals surface area (Å²) in [5, 5.41) is 10.6. The number of alkyl halides is 3. The van der Waals surface area contributed by atoms with Gasteiger partial charge in [-0.3, -0.25) is 0 Å². The number of halogens is 3. The molecule has 1 unspecified atom stereocenters. The lowest BCUT2D eigenvalue weighted by molar-refractivity contribution is -0.193. The lowest BCUT2D eigenvalue weighted by Crippen LogP contribution is -2.55. The van der Waals surface area contributed by atoms with E-state index in [1.54, 1.807) is 19.2 Å². The Morgan fingerprint density at radius 2 is 2.05 bits per heavy atom. The first-order chi connectivity index (χ1) is 9.06. The van der Waals surface area contributed by atoms with Crippen LogP contribution >= 0.6 is 0 Å². The fourth-order valence-corrected chi connectivity index (χ4v) is 1.18. The van der Waals surface area contributed by atoms with E-state index >= 15 is 0 Å². The minimum absolute atomic E-state index is 0.0485. The highest BCUT2D eigenvalue weighted by Gasteiger charge is 2.58. The van der Waals surface area contributed by atoms with Gasteiger partial charge in [0.25, 0.3) is 0 Å². The zero-order valence-corrected chi connectivity index (χ0v) is 11.0. The second kappa shape index (κ2) is 5.51. The van der Waals surface area contributed by atoms with Gasteiger partial charge in [0.15, 0.2) is 0 Å². The van der Waals surface area contributed by atoms with Crippen molar-refractivity contribution in [1.29, 1.82) is 0 Å². The number of nitrogens with one attached hydrogen (secondary N) is 1. The van der Waals surface area contributed by atoms with Crippen LogP contribution < -0.4 is 10.1 Å². The summed E-state index contributed by atoms with van der Waals surface area (Å²) < 4.78 is 43.7. The Morgan fingerprint density at radius 3 is 2.50 bits per heavy atom. The average molecular weight is 293 g/mol. The molecule has 20 heavy (non-hydrogen) atoms. The van der Waals surface area contributed by atoms with Crippen molar-refractivity contribution in [3.8, 4) is 5.88 Å². The van der Waals surface area contributed by atoms with E-state index in [0.717, 1.165) is 0 Å². The minimum Gasteiger partial charge on any atom is -0.479 e. The number of aliphatic carboxylic acids is 1. The number of carboxylic acids is 1. The maximum atomic E-state index is 12.8. The van der Waals surface area contributed by atoms with Crippen molar-refractivity contribution in [1.82, 2.24) is 9.97 Å². The summed E-state index contributed by atoms with van der Waals surface area (Å²) >= 11 is 0. The zero-order chi connectivity index (χ0) is 15.6. The Hall–Kier alpha value is -2.06. The number of hydrogen-bond donors (Lipinski definition) is 2. The van der Waals surface area contributed by atoms with E-state index < -0.39 is 23.6 Å². The molecule has 0 saturated carbocycles. The molecule has 1 heterocycles. The molecule has 0 fully saturated rings. The van der Waals surface area contributed by atoms with Gasteiger partial charge in [-0.05, 0) is 20.8 Å². The Balaban J connectivity index is 3.04. The topological polar surface area (TPSA) is 84.3 Å². The van der Waals surface area contributed by atoms with E-state index in [-0.39, 0.29) is 12.0 Å². The fourth-order valence-electron chi connectivity index (χ4n) is 1.18. The van der Waals surface area contributed by atoms with Crippen LogP contribution in [0.5, 0.6) is 5.88 Å². The van der Waals surface area contributed by atoms with E-state index in [4.69, 9.17) is 9.84 Å². The number of anilines is 1. The third-order valence-electron chi connectivity index (χ3n) is 2.34. The quantitative estimate of drug-likeness (QED) is 0.864. The molecule has 0 amide bonds. The molecule has 1 atom stereocenters. The standard InChI is InChI=1S/C11H14F3N3O3/c1-6(2)20-7-4-5-15-9(16-7)17-10(3,8(18)19)11(12,13)14/h4-6H,1-3H3,(H,18,19)(H,15,16,17). The first-order valence-corrected chi connectivity index (χ1v) is 5.64. The summed E-state index contributed by atoms with van der Waals surface area (Å²) in [4.78, 5) is 18.1. The van der Waals surface area contributed by atoms with Crippen LogP contribution in [0.2, 0.25) is 0 Å². The normalized spacial score (nSPS) is 14.8. The zero-order valence-electron chi connectivity index (χ0n) is 11.0. The number of hydrogen-bond acceptors (Lipinski definition) is 5. The number of carboxylic acid groups (broad SMARTS) is 1. The molecule has 0 spiro atoms. The lowest BCUT2D eigenvalue weighted by atomic mass is 10.0. The molecule has 1 rings (SSSR count). The molecule has 0 bridgehead atoms. The Kier molecular flexibility index (Phi) is 4.41. The SMILES string of the molecule is CC(C)Oc1ccnc(NC(C)(C(=O)O)C(F)(F)F)n1. The highest BCUT2D eigenvalue weighted by molar-refractivity contribution is 5.82. The lowest BCUT2D eigenvalue weighted by Gasteiger charge is -2.28. The van der Waals surface area contributed by atoms with Crippen molar-refractivity contribution in [2.45, 2.75) is 38.6 Å². The van der Waals surface area contributed by atoms with Crippen molar-refractivity contribution in [3.05, 3.63) is 12.3 Å². The smallest absolute Gasteiger partial charge is 0.422 e. The molecular formula is C11H14F3N3O3. The summed E-state index contributed by atoms with van der Waals surface area (Å²) in [6.07, 6.45) is -4.07. The van der Waals surface area contributed by atoms with E-state index in [9.17, 15) is 18.0 Å². The number of rotatable bonds is 5. The molecule has 1 aromatic heterocycles. The predicted octanol–water partition coefficient (Wildman–Crippen LogP) is 2.08. The molecule has 6 nitrogen and oxygen atoms in total. The van der Waals surface area contributed by atoms with E-state index in [1.807, 2.05) is 0 Å². The van der Waals surface area contributed by atoms with Gasteiger partial charge >= 0.3 is 12.1 Å². The first-order valence-electron chi connectivity index (χ1n) is 5.64. The van der Waals surface area contributed by atoms with Crippen LogP contribution in [0.3, 0.4) is 0 Å². The third-order valence-corrected chi connectivity index (χ3v) is 2.34. The predicted molar refractivity (Wildman–Crippen MR) is 63.5 cm³/mol. The van der Waals surface area contributed by atoms with Crippen molar-refractivity contribution in [2.75, 3.05) is 5.32 Å². The molecule has 0 saturated heterocycles. The van der Waals surface area contributed by atoms with Crippen LogP contribution in [0.4, 0.5) is 19.1 Å². The Bertz CT molecular complexity index is 493. The molecule has 2 N–H and O–H groups in total. The molecule has 1 aromatic rings. The summed E-state index contributed by atoms with van der Waals surface area (Å²) in [6, 6.07) is 1.36. The van der Waals surface area contributed by atoms with Gasteiger partial charge in [-0.1, -0.05) is 0 Å². The second-order valence-electron chi connectivity index (χ2n) is 4.44. The van der Waals surface area contributed by atoms with Crippen molar-refractivity contribution < 1.29 is 27.8 Å². The van der Waals surface area contributed by atoms with Crippen LogP contribution in [-0.2, 0) is 4.79 Å². The average Bonchev–Trinajstić information content (AvgIpc) is 2.26. The van der Waals surface area contributed by atoms with E-state index in [0.29, 0.717) is 6.92 Å². The molecule has 0 aromatic carbocycles. The molecule has 0 aliphatic heterocycles.